The Bertz CT molecular complexity index is 2740. The fourth-order valence-electron chi connectivity index (χ4n) is 10.8. The van der Waals surface area contributed by atoms with E-state index in [0.29, 0.717) is 17.9 Å². The maximum absolute atomic E-state index is 4.03. The zero-order valence-corrected chi connectivity index (χ0v) is 32.3. The predicted molar refractivity (Wildman–Crippen MR) is 234 cm³/mol. The Hall–Kier alpha value is -5.54. The molecule has 56 heavy (non-hydrogen) atoms. The Morgan fingerprint density at radius 2 is 1.52 bits per heavy atom. The van der Waals surface area contributed by atoms with Gasteiger partial charge in [-0.2, -0.15) is 0 Å². The lowest BCUT2D eigenvalue weighted by Gasteiger charge is -2.44. The van der Waals surface area contributed by atoms with Gasteiger partial charge in [0.15, 0.2) is 0 Å². The lowest BCUT2D eigenvalue weighted by Crippen LogP contribution is -2.53. The fourth-order valence-corrected chi connectivity index (χ4v) is 10.8. The van der Waals surface area contributed by atoms with Crippen LogP contribution >= 0.6 is 0 Å². The smallest absolute Gasteiger partial charge is 0.0878 e. The van der Waals surface area contributed by atoms with Crippen molar-refractivity contribution in [3.8, 4) is 11.1 Å². The van der Waals surface area contributed by atoms with Crippen LogP contribution in [-0.2, 0) is 6.42 Å². The van der Waals surface area contributed by atoms with Crippen LogP contribution in [0.15, 0.2) is 169 Å². The maximum atomic E-state index is 4.03. The third kappa shape index (κ3) is 5.38. The average Bonchev–Trinajstić information content (AvgIpc) is 3.84. The molecule has 1 saturated heterocycles. The van der Waals surface area contributed by atoms with Crippen molar-refractivity contribution in [2.45, 2.75) is 63.3 Å². The summed E-state index contributed by atoms with van der Waals surface area (Å²) < 4.78 is 0. The SMILES string of the molecule is CC1C=CC=CC1N1C(c2ccc(-c3ccc4c(c3)=C(c3ccc5ccccc5c3)C3=CCCCC3C=4c3ccc4c(c3)CC=C4)cc2)NC2C=CC=CC21C. The van der Waals surface area contributed by atoms with Gasteiger partial charge in [0.2, 0.25) is 0 Å². The highest BCUT2D eigenvalue weighted by Gasteiger charge is 2.51. The molecule has 5 aromatic rings. The second-order valence-electron chi connectivity index (χ2n) is 16.9. The van der Waals surface area contributed by atoms with Crippen molar-refractivity contribution in [1.82, 2.24) is 10.2 Å². The molecule has 0 aromatic heterocycles. The molecular formula is C54H48N2. The van der Waals surface area contributed by atoms with Gasteiger partial charge in [0.25, 0.3) is 0 Å². The summed E-state index contributed by atoms with van der Waals surface area (Å²) in [5.41, 5.74) is 13.6. The van der Waals surface area contributed by atoms with Gasteiger partial charge in [0.05, 0.1) is 11.7 Å². The predicted octanol–water partition coefficient (Wildman–Crippen LogP) is 10.5. The van der Waals surface area contributed by atoms with E-state index in [9.17, 15) is 0 Å². The van der Waals surface area contributed by atoms with Crippen LogP contribution in [0.25, 0.3) is 39.1 Å². The summed E-state index contributed by atoms with van der Waals surface area (Å²) in [5, 5.41) is 9.35. The summed E-state index contributed by atoms with van der Waals surface area (Å²) in [7, 11) is 0. The third-order valence-electron chi connectivity index (χ3n) is 13.7. The minimum absolute atomic E-state index is 0.0984. The van der Waals surface area contributed by atoms with Crippen molar-refractivity contribution < 1.29 is 0 Å². The molecule has 0 amide bonds. The first-order valence-corrected chi connectivity index (χ1v) is 20.8. The van der Waals surface area contributed by atoms with Gasteiger partial charge in [0, 0.05) is 18.0 Å². The maximum Gasteiger partial charge on any atom is 0.0878 e. The Labute approximate surface area is 331 Å². The second-order valence-corrected chi connectivity index (χ2v) is 16.9. The van der Waals surface area contributed by atoms with Crippen LogP contribution in [0.3, 0.4) is 0 Å². The standard InChI is InChI=1S/C54H48N2/c1-35-12-3-8-19-49(35)56-53(55-50-20-9-10-31-54(50,56)2)39-25-21-38(22-26-39)42-29-30-47-48(34-42)52(44-28-23-36-13-4-5-14-40(36)32-44)46-18-7-6-17-45(46)51(47)43-27-24-37-15-11-16-41(37)33-43/h3-5,8-15,18-35,45,49-50,53,55H,6-7,16-17H2,1-2H3. The Kier molecular flexibility index (Phi) is 8.02. The molecule has 0 radical (unpaired) electrons. The molecule has 0 bridgehead atoms. The Morgan fingerprint density at radius 1 is 0.714 bits per heavy atom. The number of fused-ring (bicyclic) bond motifs is 5. The van der Waals surface area contributed by atoms with Gasteiger partial charge in [-0.3, -0.25) is 10.2 Å². The lowest BCUT2D eigenvalue weighted by molar-refractivity contribution is 0.0916. The van der Waals surface area contributed by atoms with Gasteiger partial charge in [-0.1, -0.05) is 165 Å². The van der Waals surface area contributed by atoms with Crippen molar-refractivity contribution in [3.63, 3.8) is 0 Å². The number of hydrogen-bond acceptors (Lipinski definition) is 2. The molecule has 2 heteroatoms. The summed E-state index contributed by atoms with van der Waals surface area (Å²) in [4.78, 5) is 2.71. The molecular weight excluding hydrogens is 677 g/mol. The van der Waals surface area contributed by atoms with Crippen LogP contribution in [0.1, 0.15) is 67.1 Å². The molecule has 11 rings (SSSR count). The first-order valence-electron chi connectivity index (χ1n) is 20.8. The Morgan fingerprint density at radius 3 is 2.41 bits per heavy atom. The molecule has 274 valence electrons. The largest absolute Gasteiger partial charge is 0.289 e. The van der Waals surface area contributed by atoms with E-state index in [2.05, 4.69) is 194 Å². The first-order chi connectivity index (χ1) is 27.5. The normalized spacial score (nSPS) is 27.3. The zero-order valence-electron chi connectivity index (χ0n) is 32.3. The summed E-state index contributed by atoms with van der Waals surface area (Å²) in [6.07, 6.45) is 30.1. The van der Waals surface area contributed by atoms with E-state index in [0.717, 1.165) is 12.8 Å². The van der Waals surface area contributed by atoms with Gasteiger partial charge < -0.3 is 0 Å². The van der Waals surface area contributed by atoms with Gasteiger partial charge in [-0.15, -0.1) is 0 Å². The monoisotopic (exact) mass is 724 g/mol. The summed E-state index contributed by atoms with van der Waals surface area (Å²) in [6, 6.07) is 40.4. The number of allylic oxidation sites excluding steroid dienone is 7. The Balaban J connectivity index is 1.07. The highest BCUT2D eigenvalue weighted by Crippen LogP contribution is 2.45. The van der Waals surface area contributed by atoms with E-state index < -0.39 is 0 Å². The highest BCUT2D eigenvalue weighted by atomic mass is 15.4. The van der Waals surface area contributed by atoms with Crippen LogP contribution in [-0.4, -0.2) is 22.5 Å². The molecule has 0 spiro atoms. The second kappa shape index (κ2) is 13.3. The molecule has 5 aliphatic carbocycles. The summed E-state index contributed by atoms with van der Waals surface area (Å²) in [5.74, 6) is 0.806. The van der Waals surface area contributed by atoms with Gasteiger partial charge >= 0.3 is 0 Å². The number of nitrogens with one attached hydrogen (secondary N) is 1. The molecule has 1 fully saturated rings. The number of nitrogens with zero attached hydrogens (tertiary/aromatic N) is 1. The van der Waals surface area contributed by atoms with Gasteiger partial charge in [-0.25, -0.2) is 0 Å². The van der Waals surface area contributed by atoms with Crippen molar-refractivity contribution in [2.75, 3.05) is 0 Å². The van der Waals surface area contributed by atoms with Crippen LogP contribution in [0.5, 0.6) is 0 Å². The van der Waals surface area contributed by atoms with Crippen molar-refractivity contribution in [3.05, 3.63) is 208 Å². The van der Waals surface area contributed by atoms with E-state index >= 15 is 0 Å². The first kappa shape index (κ1) is 33.8. The van der Waals surface area contributed by atoms with E-state index in [-0.39, 0.29) is 17.7 Å². The number of rotatable bonds is 5. The van der Waals surface area contributed by atoms with Crippen LogP contribution in [0.4, 0.5) is 0 Å². The van der Waals surface area contributed by atoms with Crippen LogP contribution in [0, 0.1) is 11.8 Å². The number of hydrogen-bond donors (Lipinski definition) is 1. The lowest BCUT2D eigenvalue weighted by atomic mass is 9.70. The highest BCUT2D eigenvalue weighted by molar-refractivity contribution is 5.93. The molecule has 0 saturated carbocycles. The van der Waals surface area contributed by atoms with E-state index in [4.69, 9.17) is 0 Å². The molecule has 1 heterocycles. The molecule has 6 atom stereocenters. The molecule has 2 nitrogen and oxygen atoms in total. The average molecular weight is 725 g/mol. The van der Waals surface area contributed by atoms with Crippen LogP contribution < -0.4 is 15.8 Å². The number of benzene rings is 5. The quantitative estimate of drug-likeness (QED) is 0.194. The molecule has 6 aliphatic rings. The fraction of sp³-hybridized carbons (Fsp3) is 0.222. The molecule has 5 aromatic carbocycles. The van der Waals surface area contributed by atoms with Crippen LogP contribution in [0.2, 0.25) is 0 Å². The minimum atomic E-state index is -0.116. The van der Waals surface area contributed by atoms with Crippen molar-refractivity contribution in [1.29, 1.82) is 0 Å². The summed E-state index contributed by atoms with van der Waals surface area (Å²) >= 11 is 0. The van der Waals surface area contributed by atoms with Crippen molar-refractivity contribution in [2.24, 2.45) is 11.8 Å². The molecule has 1 aliphatic heterocycles. The van der Waals surface area contributed by atoms with E-state index in [1.165, 1.54) is 89.7 Å². The van der Waals surface area contributed by atoms with Crippen molar-refractivity contribution >= 4 is 28.0 Å². The van der Waals surface area contributed by atoms with E-state index in [1.807, 2.05) is 0 Å². The third-order valence-corrected chi connectivity index (χ3v) is 13.7. The molecule has 1 N–H and O–H groups in total. The van der Waals surface area contributed by atoms with Gasteiger partial charge in [-0.05, 0) is 128 Å². The zero-order chi connectivity index (χ0) is 37.4. The topological polar surface area (TPSA) is 15.3 Å². The van der Waals surface area contributed by atoms with E-state index in [1.54, 1.807) is 0 Å². The summed E-state index contributed by atoms with van der Waals surface area (Å²) in [6.45, 7) is 4.74. The van der Waals surface area contributed by atoms with Gasteiger partial charge in [0.1, 0.15) is 0 Å². The molecule has 6 unspecified atom stereocenters. The minimum Gasteiger partial charge on any atom is -0.289 e.